The van der Waals surface area contributed by atoms with Gasteiger partial charge in [0, 0.05) is 19.7 Å². The predicted octanol–water partition coefficient (Wildman–Crippen LogP) is 3.48. The lowest BCUT2D eigenvalue weighted by Crippen LogP contribution is -2.29. The van der Waals surface area contributed by atoms with Crippen molar-refractivity contribution in [2.24, 2.45) is 0 Å². The Hall–Kier alpha value is -3.37. The third-order valence-corrected chi connectivity index (χ3v) is 4.42. The van der Waals surface area contributed by atoms with Crippen LogP contribution in [0, 0.1) is 0 Å². The predicted molar refractivity (Wildman–Crippen MR) is 102 cm³/mol. The Balaban J connectivity index is 2.09. The van der Waals surface area contributed by atoms with Crippen LogP contribution in [-0.2, 0) is 6.18 Å². The van der Waals surface area contributed by atoms with E-state index in [9.17, 15) is 18.0 Å². The molecular weight excluding hydrogens is 387 g/mol. The molecule has 0 saturated carbocycles. The molecular formula is C18H20F3N7O. The number of fused-ring (bicyclic) bond motifs is 1. The minimum atomic E-state index is -4.75. The van der Waals surface area contributed by atoms with E-state index >= 15 is 0 Å². The lowest BCUT2D eigenvalue weighted by atomic mass is 10.1. The highest BCUT2D eigenvalue weighted by Gasteiger charge is 2.38. The molecule has 0 aliphatic rings. The highest BCUT2D eigenvalue weighted by molar-refractivity contribution is 5.93. The molecule has 1 aromatic carbocycles. The second-order valence-electron chi connectivity index (χ2n) is 6.36. The Bertz CT molecular complexity index is 1000. The molecule has 0 aliphatic heterocycles. The van der Waals surface area contributed by atoms with Crippen molar-refractivity contribution in [2.75, 3.05) is 23.8 Å². The Morgan fingerprint density at radius 1 is 1.24 bits per heavy atom. The molecule has 0 radical (unpaired) electrons. The summed E-state index contributed by atoms with van der Waals surface area (Å²) in [6.07, 6.45) is -4.75. The second-order valence-corrected chi connectivity index (χ2v) is 6.36. The van der Waals surface area contributed by atoms with Crippen molar-refractivity contribution in [1.82, 2.24) is 25.1 Å². The van der Waals surface area contributed by atoms with Crippen molar-refractivity contribution in [3.05, 3.63) is 47.8 Å². The van der Waals surface area contributed by atoms with Gasteiger partial charge >= 0.3 is 12.2 Å². The molecule has 2 aromatic heterocycles. The molecule has 8 nitrogen and oxygen atoms in total. The standard InChI is InChI=1S/C18H20F3N7O/c1-4-22-17(29)23-13-10-14(27(3)11(2)12-8-6-5-7-9-12)26-28-15(13)24-25-16(28)18(19,20)21/h5-11H,4H2,1-3H3,(H2,22,23,29). The summed E-state index contributed by atoms with van der Waals surface area (Å²) in [7, 11) is 1.71. The lowest BCUT2D eigenvalue weighted by Gasteiger charge is -2.26. The summed E-state index contributed by atoms with van der Waals surface area (Å²) < 4.78 is 40.6. The summed E-state index contributed by atoms with van der Waals surface area (Å²) in [6.45, 7) is 3.97. The summed E-state index contributed by atoms with van der Waals surface area (Å²) in [5.41, 5.74) is 0.819. The van der Waals surface area contributed by atoms with Crippen molar-refractivity contribution < 1.29 is 18.0 Å². The van der Waals surface area contributed by atoms with E-state index in [1.165, 1.54) is 6.07 Å². The van der Waals surface area contributed by atoms with Gasteiger partial charge in [-0.3, -0.25) is 0 Å². The Morgan fingerprint density at radius 2 is 1.93 bits per heavy atom. The number of amides is 2. The summed E-state index contributed by atoms with van der Waals surface area (Å²) >= 11 is 0. The molecule has 0 saturated heterocycles. The maximum atomic E-state index is 13.3. The van der Waals surface area contributed by atoms with Gasteiger partial charge in [0.2, 0.25) is 5.65 Å². The van der Waals surface area contributed by atoms with Crippen molar-refractivity contribution in [3.8, 4) is 0 Å². The van der Waals surface area contributed by atoms with E-state index in [4.69, 9.17) is 0 Å². The number of hydrogen-bond donors (Lipinski definition) is 2. The average molecular weight is 407 g/mol. The highest BCUT2D eigenvalue weighted by Crippen LogP contribution is 2.32. The molecule has 2 heterocycles. The van der Waals surface area contributed by atoms with Gasteiger partial charge in [-0.1, -0.05) is 30.3 Å². The highest BCUT2D eigenvalue weighted by atomic mass is 19.4. The van der Waals surface area contributed by atoms with E-state index < -0.39 is 18.0 Å². The third kappa shape index (κ3) is 4.23. The van der Waals surface area contributed by atoms with E-state index in [2.05, 4.69) is 25.9 Å². The summed E-state index contributed by atoms with van der Waals surface area (Å²) in [5.74, 6) is -1.06. The Kier molecular flexibility index (Phi) is 5.57. The van der Waals surface area contributed by atoms with Crippen molar-refractivity contribution in [3.63, 3.8) is 0 Å². The number of nitrogens with one attached hydrogen (secondary N) is 2. The first-order chi connectivity index (χ1) is 13.7. The molecule has 11 heteroatoms. The van der Waals surface area contributed by atoms with Crippen LogP contribution in [0.1, 0.15) is 31.3 Å². The number of hydrogen-bond acceptors (Lipinski definition) is 5. The number of alkyl halides is 3. The number of carbonyl (C=O) groups is 1. The van der Waals surface area contributed by atoms with Gasteiger partial charge in [-0.25, -0.2) is 4.79 Å². The largest absolute Gasteiger partial charge is 0.453 e. The van der Waals surface area contributed by atoms with Gasteiger partial charge in [0.05, 0.1) is 11.7 Å². The van der Waals surface area contributed by atoms with Gasteiger partial charge in [0.15, 0.2) is 5.82 Å². The zero-order valence-corrected chi connectivity index (χ0v) is 16.0. The minimum Gasteiger partial charge on any atom is -0.351 e. The molecule has 1 atom stereocenters. The SMILES string of the molecule is CCNC(=O)Nc1cc(N(C)C(C)c2ccccc2)nn2c(C(F)(F)F)nnc12. The van der Waals surface area contributed by atoms with Crippen molar-refractivity contribution in [1.29, 1.82) is 0 Å². The average Bonchev–Trinajstić information content (AvgIpc) is 3.12. The number of carbonyl (C=O) groups excluding carboxylic acids is 1. The normalized spacial score (nSPS) is 12.6. The van der Waals surface area contributed by atoms with Gasteiger partial charge in [-0.05, 0) is 19.4 Å². The van der Waals surface area contributed by atoms with Crippen LogP contribution in [0.25, 0.3) is 5.65 Å². The molecule has 0 fully saturated rings. The van der Waals surface area contributed by atoms with E-state index in [0.29, 0.717) is 11.1 Å². The Morgan fingerprint density at radius 3 is 2.55 bits per heavy atom. The number of halogens is 3. The van der Waals surface area contributed by atoms with Gasteiger partial charge in [0.1, 0.15) is 0 Å². The van der Waals surface area contributed by atoms with Gasteiger partial charge in [-0.2, -0.15) is 17.7 Å². The molecule has 154 valence electrons. The number of anilines is 2. The van der Waals surface area contributed by atoms with Crippen LogP contribution in [0.2, 0.25) is 0 Å². The molecule has 3 rings (SSSR count). The number of rotatable bonds is 5. The number of nitrogens with zero attached hydrogens (tertiary/aromatic N) is 5. The zero-order valence-electron chi connectivity index (χ0n) is 16.0. The molecule has 0 aliphatic carbocycles. The molecule has 3 aromatic rings. The number of urea groups is 1. The first-order valence-electron chi connectivity index (χ1n) is 8.88. The van der Waals surface area contributed by atoms with Crippen LogP contribution >= 0.6 is 0 Å². The lowest BCUT2D eigenvalue weighted by molar-refractivity contribution is -0.146. The van der Waals surface area contributed by atoms with Crippen LogP contribution in [0.5, 0.6) is 0 Å². The number of aromatic nitrogens is 4. The van der Waals surface area contributed by atoms with Crippen molar-refractivity contribution >= 4 is 23.2 Å². The summed E-state index contributed by atoms with van der Waals surface area (Å²) in [6, 6.07) is 10.2. The molecule has 29 heavy (non-hydrogen) atoms. The fourth-order valence-corrected chi connectivity index (χ4v) is 2.79. The monoisotopic (exact) mass is 407 g/mol. The minimum absolute atomic E-state index is 0.0658. The fourth-order valence-electron chi connectivity index (χ4n) is 2.79. The van der Waals surface area contributed by atoms with Crippen LogP contribution in [0.3, 0.4) is 0 Å². The maximum Gasteiger partial charge on any atom is 0.453 e. The van der Waals surface area contributed by atoms with Crippen molar-refractivity contribution in [2.45, 2.75) is 26.1 Å². The van der Waals surface area contributed by atoms with E-state index in [0.717, 1.165) is 5.56 Å². The molecule has 2 amide bonds. The third-order valence-electron chi connectivity index (χ3n) is 4.42. The molecule has 0 bridgehead atoms. The Labute approximate surface area is 164 Å². The first kappa shape index (κ1) is 20.4. The number of benzene rings is 1. The first-order valence-corrected chi connectivity index (χ1v) is 8.88. The summed E-state index contributed by atoms with van der Waals surface area (Å²) in [4.78, 5) is 13.7. The van der Waals surface area contributed by atoms with Gasteiger partial charge < -0.3 is 15.5 Å². The molecule has 0 spiro atoms. The fraction of sp³-hybridized carbons (Fsp3) is 0.333. The van der Waals surface area contributed by atoms with Crippen LogP contribution in [0.4, 0.5) is 29.5 Å². The van der Waals surface area contributed by atoms with Crippen LogP contribution in [-0.4, -0.2) is 39.4 Å². The quantitative estimate of drug-likeness (QED) is 0.676. The second kappa shape index (κ2) is 7.94. The van der Waals surface area contributed by atoms with Gasteiger partial charge in [-0.15, -0.1) is 15.3 Å². The maximum absolute atomic E-state index is 13.3. The van der Waals surface area contributed by atoms with E-state index in [-0.39, 0.29) is 23.2 Å². The van der Waals surface area contributed by atoms with Gasteiger partial charge in [0.25, 0.3) is 5.82 Å². The topological polar surface area (TPSA) is 87.5 Å². The molecule has 2 N–H and O–H groups in total. The van der Waals surface area contributed by atoms with E-state index in [1.54, 1.807) is 18.9 Å². The van der Waals surface area contributed by atoms with Crippen LogP contribution < -0.4 is 15.5 Å². The summed E-state index contributed by atoms with van der Waals surface area (Å²) in [5, 5.41) is 15.9. The van der Waals surface area contributed by atoms with E-state index in [1.807, 2.05) is 37.3 Å². The molecule has 1 unspecified atom stereocenters. The zero-order chi connectivity index (χ0) is 21.2. The van der Waals surface area contributed by atoms with Crippen LogP contribution in [0.15, 0.2) is 36.4 Å². The smallest absolute Gasteiger partial charge is 0.351 e.